The maximum atomic E-state index is 12.7. The third-order valence-electron chi connectivity index (χ3n) is 4.77. The molecule has 0 aliphatic carbocycles. The van der Waals surface area contributed by atoms with Gasteiger partial charge in [0.05, 0.1) is 12.1 Å². The van der Waals surface area contributed by atoms with Gasteiger partial charge in [0.25, 0.3) is 0 Å². The molecule has 1 aromatic carbocycles. The van der Waals surface area contributed by atoms with Crippen LogP contribution in [-0.2, 0) is 23.2 Å². The van der Waals surface area contributed by atoms with Crippen LogP contribution in [0.5, 0.6) is 0 Å². The quantitative estimate of drug-likeness (QED) is 0.684. The van der Waals surface area contributed by atoms with Gasteiger partial charge in [-0.2, -0.15) is 5.10 Å². The lowest BCUT2D eigenvalue weighted by atomic mass is 9.90. The minimum absolute atomic E-state index is 0. The first-order valence-corrected chi connectivity index (χ1v) is 8.86. The van der Waals surface area contributed by atoms with Gasteiger partial charge in [0, 0.05) is 38.8 Å². The summed E-state index contributed by atoms with van der Waals surface area (Å²) in [6.45, 7) is 3.49. The molecule has 0 spiro atoms. The minimum Gasteiger partial charge on any atom is -0.350 e. The van der Waals surface area contributed by atoms with Gasteiger partial charge in [0.1, 0.15) is 6.04 Å². The Balaban J connectivity index is 0.00000261. The van der Waals surface area contributed by atoms with E-state index in [1.54, 1.807) is 17.8 Å². The summed E-state index contributed by atoms with van der Waals surface area (Å²) in [7, 11) is 1.86. The van der Waals surface area contributed by atoms with Crippen molar-refractivity contribution in [1.29, 1.82) is 0 Å². The standard InChI is InChI=1S/C19H25N5O2.ClH/c1-13(18(25)21-8-14-6-4-3-5-7-14)23-19(26)17-11-20-10-16(17)15-9-22-24(2)12-15;/h3-7,9,12-13,16-17,20H,8,10-11H2,1-2H3,(H,21,25)(H,23,26);1H/t13?,16-,17+;/m1./s1. The molecule has 1 unspecified atom stereocenters. The molecule has 1 aliphatic rings. The van der Waals surface area contributed by atoms with Gasteiger partial charge in [-0.15, -0.1) is 12.4 Å². The van der Waals surface area contributed by atoms with E-state index in [4.69, 9.17) is 0 Å². The third kappa shape index (κ3) is 5.30. The maximum Gasteiger partial charge on any atom is 0.242 e. The highest BCUT2D eigenvalue weighted by molar-refractivity contribution is 5.88. The average molecular weight is 392 g/mol. The Hall–Kier alpha value is -2.38. The summed E-state index contributed by atoms with van der Waals surface area (Å²) >= 11 is 0. The lowest BCUT2D eigenvalue weighted by molar-refractivity contribution is -0.130. The molecule has 2 aromatic rings. The number of carbonyl (C=O) groups excluding carboxylic acids is 2. The Labute approximate surface area is 165 Å². The van der Waals surface area contributed by atoms with Crippen molar-refractivity contribution in [3.8, 4) is 0 Å². The fraction of sp³-hybridized carbons (Fsp3) is 0.421. The highest BCUT2D eigenvalue weighted by Crippen LogP contribution is 2.27. The maximum absolute atomic E-state index is 12.7. The van der Waals surface area contributed by atoms with Crippen molar-refractivity contribution >= 4 is 24.2 Å². The summed E-state index contributed by atoms with van der Waals surface area (Å²) in [6, 6.07) is 9.11. The summed E-state index contributed by atoms with van der Waals surface area (Å²) in [4.78, 5) is 24.9. The number of hydrogen-bond acceptors (Lipinski definition) is 4. The van der Waals surface area contributed by atoms with Crippen LogP contribution in [0.25, 0.3) is 0 Å². The first-order valence-electron chi connectivity index (χ1n) is 8.86. The predicted octanol–water partition coefficient (Wildman–Crippen LogP) is 0.966. The van der Waals surface area contributed by atoms with Gasteiger partial charge in [-0.3, -0.25) is 14.3 Å². The molecule has 1 fully saturated rings. The Morgan fingerprint density at radius 2 is 2.04 bits per heavy atom. The van der Waals surface area contributed by atoms with E-state index in [1.165, 1.54) is 0 Å². The third-order valence-corrected chi connectivity index (χ3v) is 4.77. The van der Waals surface area contributed by atoms with Crippen LogP contribution in [-0.4, -0.2) is 40.7 Å². The largest absolute Gasteiger partial charge is 0.350 e. The number of halogens is 1. The number of nitrogens with zero attached hydrogens (tertiary/aromatic N) is 2. The van der Waals surface area contributed by atoms with Gasteiger partial charge in [0.15, 0.2) is 0 Å². The molecule has 27 heavy (non-hydrogen) atoms. The monoisotopic (exact) mass is 391 g/mol. The zero-order valence-corrected chi connectivity index (χ0v) is 16.3. The number of nitrogens with one attached hydrogen (secondary N) is 3. The van der Waals surface area contributed by atoms with Gasteiger partial charge >= 0.3 is 0 Å². The van der Waals surface area contributed by atoms with Crippen molar-refractivity contribution in [3.63, 3.8) is 0 Å². The van der Waals surface area contributed by atoms with Crippen molar-refractivity contribution in [1.82, 2.24) is 25.7 Å². The molecule has 0 bridgehead atoms. The second-order valence-corrected chi connectivity index (χ2v) is 6.75. The lowest BCUT2D eigenvalue weighted by Gasteiger charge is -2.20. The molecular formula is C19H26ClN5O2. The molecular weight excluding hydrogens is 366 g/mol. The molecule has 7 nitrogen and oxygen atoms in total. The van der Waals surface area contributed by atoms with Crippen LogP contribution in [0.3, 0.4) is 0 Å². The van der Waals surface area contributed by atoms with Crippen molar-refractivity contribution < 1.29 is 9.59 Å². The van der Waals surface area contributed by atoms with E-state index in [-0.39, 0.29) is 36.1 Å². The fourth-order valence-corrected chi connectivity index (χ4v) is 3.26. The molecule has 0 saturated carbocycles. The summed E-state index contributed by atoms with van der Waals surface area (Å²) in [5.41, 5.74) is 2.06. The number of hydrogen-bond donors (Lipinski definition) is 3. The topological polar surface area (TPSA) is 88.1 Å². The van der Waals surface area contributed by atoms with Crippen LogP contribution in [0.15, 0.2) is 42.7 Å². The van der Waals surface area contributed by atoms with Crippen molar-refractivity contribution in [3.05, 3.63) is 53.9 Å². The first-order chi connectivity index (χ1) is 12.5. The molecule has 3 N–H and O–H groups in total. The van der Waals surface area contributed by atoms with Crippen LogP contribution in [0.2, 0.25) is 0 Å². The Kier molecular flexibility index (Phi) is 7.38. The highest BCUT2D eigenvalue weighted by Gasteiger charge is 2.35. The van der Waals surface area contributed by atoms with Crippen LogP contribution in [0.1, 0.15) is 24.0 Å². The predicted molar refractivity (Wildman–Crippen MR) is 105 cm³/mol. The molecule has 3 atom stereocenters. The first kappa shape index (κ1) is 20.9. The molecule has 3 rings (SSSR count). The molecule has 1 saturated heterocycles. The Morgan fingerprint density at radius 3 is 2.70 bits per heavy atom. The van der Waals surface area contributed by atoms with E-state index < -0.39 is 6.04 Å². The van der Waals surface area contributed by atoms with Gasteiger partial charge in [-0.05, 0) is 18.1 Å². The Morgan fingerprint density at radius 1 is 1.30 bits per heavy atom. The van der Waals surface area contributed by atoms with E-state index in [1.807, 2.05) is 43.6 Å². The SMILES string of the molecule is CC(NC(=O)[C@H]1CNC[C@@H]1c1cnn(C)c1)C(=O)NCc1ccccc1.Cl. The number of carbonyl (C=O) groups is 2. The van der Waals surface area contributed by atoms with Crippen molar-refractivity contribution in [2.45, 2.75) is 25.4 Å². The zero-order valence-electron chi connectivity index (χ0n) is 15.5. The summed E-state index contributed by atoms with van der Waals surface area (Å²) in [5.74, 6) is -0.427. The fourth-order valence-electron chi connectivity index (χ4n) is 3.26. The zero-order chi connectivity index (χ0) is 18.5. The van der Waals surface area contributed by atoms with Gasteiger partial charge in [0.2, 0.25) is 11.8 Å². The molecule has 2 heterocycles. The second-order valence-electron chi connectivity index (χ2n) is 6.75. The highest BCUT2D eigenvalue weighted by atomic mass is 35.5. The summed E-state index contributed by atoms with van der Waals surface area (Å²) in [5, 5.41) is 13.2. The van der Waals surface area contributed by atoms with Crippen molar-refractivity contribution in [2.24, 2.45) is 13.0 Å². The minimum atomic E-state index is -0.582. The molecule has 8 heteroatoms. The smallest absolute Gasteiger partial charge is 0.242 e. The number of amides is 2. The van der Waals surface area contributed by atoms with E-state index in [9.17, 15) is 9.59 Å². The van der Waals surface area contributed by atoms with E-state index in [0.717, 1.165) is 17.7 Å². The van der Waals surface area contributed by atoms with Gasteiger partial charge in [-0.25, -0.2) is 0 Å². The number of aromatic nitrogens is 2. The lowest BCUT2D eigenvalue weighted by Crippen LogP contribution is -2.47. The molecule has 146 valence electrons. The van der Waals surface area contributed by atoms with Crippen LogP contribution in [0, 0.1) is 5.92 Å². The van der Waals surface area contributed by atoms with Gasteiger partial charge < -0.3 is 16.0 Å². The van der Waals surface area contributed by atoms with Crippen LogP contribution in [0.4, 0.5) is 0 Å². The molecule has 1 aliphatic heterocycles. The van der Waals surface area contributed by atoms with Crippen molar-refractivity contribution in [2.75, 3.05) is 13.1 Å². The number of rotatable bonds is 6. The molecule has 2 amide bonds. The summed E-state index contributed by atoms with van der Waals surface area (Å²) in [6.07, 6.45) is 3.74. The Bertz CT molecular complexity index is 764. The molecule has 1 aromatic heterocycles. The average Bonchev–Trinajstić information content (AvgIpc) is 3.29. The number of aryl methyl sites for hydroxylation is 1. The van der Waals surface area contributed by atoms with E-state index >= 15 is 0 Å². The summed E-state index contributed by atoms with van der Waals surface area (Å²) < 4.78 is 1.74. The molecule has 0 radical (unpaired) electrons. The van der Waals surface area contributed by atoms with Gasteiger partial charge in [-0.1, -0.05) is 30.3 Å². The van der Waals surface area contributed by atoms with E-state index in [0.29, 0.717) is 13.1 Å². The van der Waals surface area contributed by atoms with Crippen LogP contribution >= 0.6 is 12.4 Å². The van der Waals surface area contributed by atoms with E-state index in [2.05, 4.69) is 21.0 Å². The second kappa shape index (κ2) is 9.53. The normalized spacial score (nSPS) is 19.8. The van der Waals surface area contributed by atoms with Crippen LogP contribution < -0.4 is 16.0 Å². The number of benzene rings is 1.